The van der Waals surface area contributed by atoms with Crippen LogP contribution in [0.25, 0.3) is 5.57 Å². The van der Waals surface area contributed by atoms with Gasteiger partial charge in [0.15, 0.2) is 11.6 Å². The minimum atomic E-state index is -0.756. The Kier molecular flexibility index (Phi) is 13.2. The summed E-state index contributed by atoms with van der Waals surface area (Å²) in [4.78, 5) is 0. The molecule has 0 radical (unpaired) electrons. The molecule has 4 fully saturated rings. The Hall–Kier alpha value is -2.14. The highest BCUT2D eigenvalue weighted by Gasteiger charge is 2.67. The topological polar surface area (TPSA) is 40.5 Å². The van der Waals surface area contributed by atoms with E-state index in [1.807, 2.05) is 26.8 Å². The molecule has 1 aromatic rings. The smallest absolute Gasteiger partial charge is 0.165 e. The average molecular weight is 639 g/mol. The molecule has 6 rings (SSSR count). The number of phenols is 1. The van der Waals surface area contributed by atoms with Gasteiger partial charge in [-0.05, 0) is 132 Å². The van der Waals surface area contributed by atoms with Crippen LogP contribution >= 0.6 is 10.0 Å². The number of aromatic hydroxyl groups is 1. The van der Waals surface area contributed by atoms with E-state index in [-0.39, 0.29) is 22.0 Å². The van der Waals surface area contributed by atoms with Gasteiger partial charge in [0.25, 0.3) is 0 Å². The van der Waals surface area contributed by atoms with E-state index in [2.05, 4.69) is 72.3 Å². The van der Waals surface area contributed by atoms with E-state index in [0.29, 0.717) is 17.9 Å². The molecule has 0 aromatic heterocycles. The van der Waals surface area contributed by atoms with Crippen LogP contribution in [0.4, 0.5) is 4.39 Å². The van der Waals surface area contributed by atoms with Gasteiger partial charge < -0.3 is 10.2 Å². The Morgan fingerprint density at radius 2 is 1.56 bits per heavy atom. The van der Waals surface area contributed by atoms with Gasteiger partial charge in [0.2, 0.25) is 0 Å². The van der Waals surface area contributed by atoms with Crippen LogP contribution in [0.15, 0.2) is 36.9 Å². The normalized spacial score (nSPS) is 39.7. The molecule has 5 unspecified atom stereocenters. The predicted octanol–water partition coefficient (Wildman–Crippen LogP) is 10.6. The third kappa shape index (κ3) is 6.29. The Morgan fingerprint density at radius 3 is 2.13 bits per heavy atom. The summed E-state index contributed by atoms with van der Waals surface area (Å²) in [5.41, 5.74) is 3.04. The van der Waals surface area contributed by atoms with E-state index < -0.39 is 15.8 Å². The Bertz CT molecular complexity index is 1220. The summed E-state index contributed by atoms with van der Waals surface area (Å²) in [5.74, 6) is 1.91. The number of terminal acetylenes is 2. The van der Waals surface area contributed by atoms with Crippen LogP contribution in [0, 0.1) is 65.0 Å². The molecule has 5 aliphatic rings. The Balaban J connectivity index is 0.000000717. The third-order valence-corrected chi connectivity index (χ3v) is 18.1. The second-order valence-electron chi connectivity index (χ2n) is 14.9. The molecule has 0 amide bonds. The van der Waals surface area contributed by atoms with E-state index in [1.165, 1.54) is 74.8 Å². The molecule has 4 heteroatoms. The highest BCUT2D eigenvalue weighted by Crippen LogP contribution is 2.79. The monoisotopic (exact) mass is 638 g/mol. The summed E-state index contributed by atoms with van der Waals surface area (Å²) < 4.78 is 14.3. The first kappa shape index (κ1) is 39.0. The first-order valence-electron chi connectivity index (χ1n) is 17.1. The molecule has 2 nitrogen and oxygen atoms in total. The van der Waals surface area contributed by atoms with E-state index >= 15 is 0 Å². The molecule has 3 aliphatic carbocycles. The zero-order chi connectivity index (χ0) is 34.4. The summed E-state index contributed by atoms with van der Waals surface area (Å²) in [6, 6.07) is 4.94. The minimum Gasteiger partial charge on any atom is -0.505 e. The SMILES string of the molecule is C#C.C#C.C=CC.CC.CC1(C)C(c2ccc(O)c(F)c2)=CC[C@@]2(C)C1CC[C@]1(C)C2CCS2(C)C3CCC[C@]3(CO)CCC12. The first-order chi connectivity index (χ1) is 21.3. The number of phenolic OH excluding ortho intramolecular Hbond substituents is 1. The first-order valence-corrected chi connectivity index (χ1v) is 19.5. The van der Waals surface area contributed by atoms with Crippen LogP contribution in [0.2, 0.25) is 0 Å². The van der Waals surface area contributed by atoms with Crippen LogP contribution in [-0.2, 0) is 0 Å². The number of halogens is 1. The summed E-state index contributed by atoms with van der Waals surface area (Å²) in [7, 11) is -0.756. The quantitative estimate of drug-likeness (QED) is 0.250. The van der Waals surface area contributed by atoms with Crippen LogP contribution < -0.4 is 0 Å². The van der Waals surface area contributed by atoms with Gasteiger partial charge in [0.1, 0.15) is 0 Å². The van der Waals surface area contributed by atoms with Crippen molar-refractivity contribution in [3.63, 3.8) is 0 Å². The van der Waals surface area contributed by atoms with Gasteiger partial charge in [-0.25, -0.2) is 14.4 Å². The highest BCUT2D eigenvalue weighted by molar-refractivity contribution is 8.34. The Labute approximate surface area is 278 Å². The number of hydrogen-bond donors (Lipinski definition) is 2. The molecule has 0 bridgehead atoms. The molecule has 2 N–H and O–H groups in total. The van der Waals surface area contributed by atoms with Crippen molar-refractivity contribution in [2.24, 2.45) is 33.5 Å². The zero-order valence-corrected chi connectivity index (χ0v) is 30.5. The lowest BCUT2D eigenvalue weighted by molar-refractivity contribution is -0.0989. The lowest BCUT2D eigenvalue weighted by Gasteiger charge is -2.72. The highest BCUT2D eigenvalue weighted by atomic mass is 32.3. The zero-order valence-electron chi connectivity index (χ0n) is 29.7. The van der Waals surface area contributed by atoms with Gasteiger partial charge >= 0.3 is 0 Å². The van der Waals surface area contributed by atoms with Crippen LogP contribution in [0.1, 0.15) is 112 Å². The van der Waals surface area contributed by atoms with Crippen molar-refractivity contribution in [2.75, 3.05) is 18.6 Å². The van der Waals surface area contributed by atoms with Crippen molar-refractivity contribution in [2.45, 2.75) is 117 Å². The van der Waals surface area contributed by atoms with Crippen molar-refractivity contribution < 1.29 is 14.6 Å². The summed E-state index contributed by atoms with van der Waals surface area (Å²) in [5, 5.41) is 21.9. The molecular weight excluding hydrogens is 576 g/mol. The number of hydrogen-bond acceptors (Lipinski definition) is 2. The van der Waals surface area contributed by atoms with Crippen molar-refractivity contribution in [3.8, 4) is 31.4 Å². The maximum absolute atomic E-state index is 14.3. The van der Waals surface area contributed by atoms with E-state index in [0.717, 1.165) is 28.4 Å². The fourth-order valence-electron chi connectivity index (χ4n) is 11.4. The third-order valence-electron chi connectivity index (χ3n) is 12.9. The van der Waals surface area contributed by atoms with Gasteiger partial charge in [0.05, 0.1) is 0 Å². The maximum Gasteiger partial charge on any atom is 0.165 e. The van der Waals surface area contributed by atoms with Gasteiger partial charge in [-0.15, -0.1) is 32.3 Å². The molecule has 45 heavy (non-hydrogen) atoms. The lowest BCUT2D eigenvalue weighted by Crippen LogP contribution is -2.63. The van der Waals surface area contributed by atoms with Crippen molar-refractivity contribution in [1.82, 2.24) is 0 Å². The molecule has 8 atom stereocenters. The van der Waals surface area contributed by atoms with Gasteiger partial charge in [-0.3, -0.25) is 0 Å². The largest absolute Gasteiger partial charge is 0.505 e. The van der Waals surface area contributed by atoms with Crippen LogP contribution in [-0.4, -0.2) is 39.3 Å². The number of fused-ring (bicyclic) bond motifs is 7. The predicted molar refractivity (Wildman–Crippen MR) is 197 cm³/mol. The molecule has 0 spiro atoms. The molecule has 2 saturated carbocycles. The molecule has 2 saturated heterocycles. The number of allylic oxidation sites excluding steroid dienone is 3. The van der Waals surface area contributed by atoms with Gasteiger partial charge in [0, 0.05) is 12.0 Å². The fraction of sp³-hybridized carbons (Fsp3) is 0.659. The fourth-order valence-corrected chi connectivity index (χ4v) is 17.4. The van der Waals surface area contributed by atoms with Crippen molar-refractivity contribution in [1.29, 1.82) is 0 Å². The molecular formula is C41H63FO2S. The van der Waals surface area contributed by atoms with E-state index in [4.69, 9.17) is 0 Å². The maximum atomic E-state index is 14.3. The summed E-state index contributed by atoms with van der Waals surface area (Å²) in [6.45, 7) is 19.7. The minimum absolute atomic E-state index is 0.0323. The van der Waals surface area contributed by atoms with Crippen molar-refractivity contribution in [3.05, 3.63) is 48.3 Å². The molecule has 252 valence electrons. The van der Waals surface area contributed by atoms with Crippen molar-refractivity contribution >= 4 is 15.6 Å². The molecule has 1 aromatic carbocycles. The average Bonchev–Trinajstić information content (AvgIpc) is 3.48. The molecule has 2 aliphatic heterocycles. The van der Waals surface area contributed by atoms with E-state index in [1.54, 1.807) is 6.08 Å². The second kappa shape index (κ2) is 15.2. The number of benzene rings is 1. The van der Waals surface area contributed by atoms with Gasteiger partial charge in [-0.2, -0.15) is 0 Å². The van der Waals surface area contributed by atoms with Gasteiger partial charge in [-0.1, -0.05) is 66.2 Å². The Morgan fingerprint density at radius 1 is 0.933 bits per heavy atom. The van der Waals surface area contributed by atoms with Crippen LogP contribution in [0.5, 0.6) is 5.75 Å². The van der Waals surface area contributed by atoms with E-state index in [9.17, 15) is 14.6 Å². The molecule has 2 heterocycles. The second-order valence-corrected chi connectivity index (χ2v) is 18.9. The lowest BCUT2D eigenvalue weighted by atomic mass is 9.42. The number of rotatable bonds is 2. The standard InChI is InChI=1S/C32H47FO2S.C3H6.C2H6.2C2H2/c1-29(2)22(21-8-9-24(35)23(33)19-21)10-15-30(3)25(29)11-16-31(4)26(30)13-18-36(5)27(31)12-17-32(20-34)14-6-7-28(32)36;1-3-2;3*1-2/h8-10,19,25-28,34-35H,6-7,11-18,20H2,1-5H3;3H,1H2,2H3;1-2H3;2*1-2H/t25?,26?,27?,28?,30-,31+,32+;;;;/m0..../s1. The van der Waals surface area contributed by atoms with Crippen LogP contribution in [0.3, 0.4) is 0 Å². The summed E-state index contributed by atoms with van der Waals surface area (Å²) in [6.07, 6.45) is 34.4. The summed E-state index contributed by atoms with van der Waals surface area (Å²) >= 11 is 0. The number of aliphatic hydroxyl groups excluding tert-OH is 1. The number of aliphatic hydroxyl groups is 1.